The van der Waals surface area contributed by atoms with Gasteiger partial charge in [-0.05, 0) is 30.5 Å². The van der Waals surface area contributed by atoms with E-state index in [1.165, 1.54) is 12.1 Å². The van der Waals surface area contributed by atoms with Gasteiger partial charge in [-0.1, -0.05) is 12.1 Å². The molecule has 0 radical (unpaired) electrons. The monoisotopic (exact) mass is 362 g/mol. The Kier molecular flexibility index (Phi) is 4.01. The van der Waals surface area contributed by atoms with Crippen molar-refractivity contribution in [1.29, 1.82) is 0 Å². The predicted octanol–water partition coefficient (Wildman–Crippen LogP) is 4.83. The largest absolute Gasteiger partial charge is 0.465 e. The summed E-state index contributed by atoms with van der Waals surface area (Å²) in [6, 6.07) is 4.76. The van der Waals surface area contributed by atoms with Crippen LogP contribution < -0.4 is 0 Å². The van der Waals surface area contributed by atoms with E-state index in [4.69, 9.17) is 4.74 Å². The highest BCUT2D eigenvalue weighted by Crippen LogP contribution is 2.47. The fourth-order valence-electron chi connectivity index (χ4n) is 4.02. The lowest BCUT2D eigenvalue weighted by atomic mass is 9.73. The van der Waals surface area contributed by atoms with E-state index in [1.807, 2.05) is 0 Å². The molecule has 0 N–H and O–H groups in total. The van der Waals surface area contributed by atoms with Crippen molar-refractivity contribution >= 4 is 11.6 Å². The van der Waals surface area contributed by atoms with Gasteiger partial charge in [0.25, 0.3) is 0 Å². The van der Waals surface area contributed by atoms with Crippen LogP contribution in [0.1, 0.15) is 55.6 Å². The molecule has 2 aliphatic carbocycles. The average molecular weight is 362 g/mol. The zero-order chi connectivity index (χ0) is 18.5. The Morgan fingerprint density at radius 2 is 1.31 bits per heavy atom. The molecule has 0 bridgehead atoms. The second kappa shape index (κ2) is 6.11. The second-order valence-electron chi connectivity index (χ2n) is 6.88. The molecule has 1 aromatic rings. The number of benzene rings is 1. The molecule has 1 aliphatic heterocycles. The second-order valence-corrected chi connectivity index (χ2v) is 6.88. The highest BCUT2D eigenvalue weighted by Gasteiger charge is 2.42. The molecule has 4 rings (SSSR count). The van der Waals surface area contributed by atoms with Gasteiger partial charge < -0.3 is 4.74 Å². The molecular weight excluding hydrogens is 345 g/mol. The standard InChI is InChI=1S/C20H17F3O3/c21-20(22,23)12-9-7-11(8-10-12)17-18-13(24)3-1-5-15(18)26-16-6-2-4-14(25)19(16)17/h7-10,17H,1-6H2. The highest BCUT2D eigenvalue weighted by atomic mass is 19.4. The molecule has 1 heterocycles. The molecule has 0 spiro atoms. The topological polar surface area (TPSA) is 43.4 Å². The van der Waals surface area contributed by atoms with Crippen LogP contribution in [-0.4, -0.2) is 11.6 Å². The minimum atomic E-state index is -4.43. The Balaban J connectivity index is 1.84. The number of carbonyl (C=O) groups is 2. The van der Waals surface area contributed by atoms with Crippen LogP contribution in [0.25, 0.3) is 0 Å². The zero-order valence-corrected chi connectivity index (χ0v) is 14.0. The lowest BCUT2D eigenvalue weighted by Gasteiger charge is -2.36. The van der Waals surface area contributed by atoms with Gasteiger partial charge in [-0.15, -0.1) is 0 Å². The summed E-state index contributed by atoms with van der Waals surface area (Å²) in [5.74, 6) is 0.387. The third-order valence-electron chi connectivity index (χ3n) is 5.21. The van der Waals surface area contributed by atoms with E-state index in [9.17, 15) is 22.8 Å². The third-order valence-corrected chi connectivity index (χ3v) is 5.21. The molecule has 26 heavy (non-hydrogen) atoms. The van der Waals surface area contributed by atoms with E-state index in [0.29, 0.717) is 66.8 Å². The molecule has 136 valence electrons. The number of Topliss-reactive ketones (excluding diaryl/α,β-unsaturated/α-hetero) is 2. The molecule has 0 saturated heterocycles. The van der Waals surface area contributed by atoms with E-state index in [2.05, 4.69) is 0 Å². The first kappa shape index (κ1) is 17.1. The quantitative estimate of drug-likeness (QED) is 0.718. The van der Waals surface area contributed by atoms with Gasteiger partial charge in [-0.25, -0.2) is 0 Å². The molecule has 0 amide bonds. The number of halogens is 3. The van der Waals surface area contributed by atoms with Gasteiger partial charge in [0.2, 0.25) is 0 Å². The maximum Gasteiger partial charge on any atom is 0.416 e. The molecular formula is C20H17F3O3. The molecule has 0 fully saturated rings. The molecule has 6 heteroatoms. The van der Waals surface area contributed by atoms with Crippen LogP contribution in [0.15, 0.2) is 46.9 Å². The van der Waals surface area contributed by atoms with Gasteiger partial charge in [0.15, 0.2) is 11.6 Å². The summed E-state index contributed by atoms with van der Waals surface area (Å²) in [6.45, 7) is 0. The number of alkyl halides is 3. The van der Waals surface area contributed by atoms with Crippen LogP contribution in [0.3, 0.4) is 0 Å². The highest BCUT2D eigenvalue weighted by molar-refractivity contribution is 6.05. The fourth-order valence-corrected chi connectivity index (χ4v) is 4.02. The Labute approximate surface area is 148 Å². The summed E-state index contributed by atoms with van der Waals surface area (Å²) in [4.78, 5) is 25.1. The summed E-state index contributed by atoms with van der Waals surface area (Å²) in [5.41, 5.74) is 0.684. The van der Waals surface area contributed by atoms with Gasteiger partial charge in [-0.2, -0.15) is 13.2 Å². The summed E-state index contributed by atoms with van der Waals surface area (Å²) in [7, 11) is 0. The summed E-state index contributed by atoms with van der Waals surface area (Å²) >= 11 is 0. The SMILES string of the molecule is O=C1CCCC2=C1C(c1ccc(C(F)(F)F)cc1)C1=C(CCCC1=O)O2. The van der Waals surface area contributed by atoms with Gasteiger partial charge in [0, 0.05) is 42.7 Å². The van der Waals surface area contributed by atoms with Gasteiger partial charge in [-0.3, -0.25) is 9.59 Å². The smallest absolute Gasteiger partial charge is 0.416 e. The summed E-state index contributed by atoms with van der Waals surface area (Å²) in [6.07, 6.45) is -1.08. The first-order valence-corrected chi connectivity index (χ1v) is 8.74. The zero-order valence-electron chi connectivity index (χ0n) is 14.0. The van der Waals surface area contributed by atoms with Crippen LogP contribution >= 0.6 is 0 Å². The van der Waals surface area contributed by atoms with Crippen molar-refractivity contribution < 1.29 is 27.5 Å². The Hall–Kier alpha value is -2.37. The predicted molar refractivity (Wildman–Crippen MR) is 87.0 cm³/mol. The van der Waals surface area contributed by atoms with Crippen LogP contribution in [-0.2, 0) is 20.5 Å². The number of carbonyl (C=O) groups excluding carboxylic acids is 2. The van der Waals surface area contributed by atoms with Gasteiger partial charge >= 0.3 is 6.18 Å². The normalized spacial score (nSPS) is 21.5. The van der Waals surface area contributed by atoms with E-state index in [1.54, 1.807) is 0 Å². The molecule has 0 aromatic heterocycles. The number of hydrogen-bond acceptors (Lipinski definition) is 3. The Morgan fingerprint density at radius 1 is 0.808 bits per heavy atom. The van der Waals surface area contributed by atoms with E-state index >= 15 is 0 Å². The number of ether oxygens (including phenoxy) is 1. The van der Waals surface area contributed by atoms with Crippen molar-refractivity contribution in [2.45, 2.75) is 50.6 Å². The maximum atomic E-state index is 12.9. The van der Waals surface area contributed by atoms with Crippen LogP contribution in [0.5, 0.6) is 0 Å². The first-order chi connectivity index (χ1) is 12.4. The number of allylic oxidation sites excluding steroid dienone is 4. The van der Waals surface area contributed by atoms with Crippen LogP contribution in [0.2, 0.25) is 0 Å². The molecule has 3 nitrogen and oxygen atoms in total. The summed E-state index contributed by atoms with van der Waals surface area (Å²) in [5, 5.41) is 0. The van der Waals surface area contributed by atoms with Crippen molar-refractivity contribution in [2.75, 3.05) is 0 Å². The van der Waals surface area contributed by atoms with Gasteiger partial charge in [0.1, 0.15) is 11.5 Å². The number of rotatable bonds is 1. The van der Waals surface area contributed by atoms with Crippen molar-refractivity contribution in [2.24, 2.45) is 0 Å². The number of ketones is 2. The maximum absolute atomic E-state index is 12.9. The molecule has 0 saturated carbocycles. The number of hydrogen-bond donors (Lipinski definition) is 0. The van der Waals surface area contributed by atoms with Gasteiger partial charge in [0.05, 0.1) is 5.56 Å². The lowest BCUT2D eigenvalue weighted by Crippen LogP contribution is -2.30. The molecule has 0 unspecified atom stereocenters. The van der Waals surface area contributed by atoms with E-state index in [-0.39, 0.29) is 11.6 Å². The van der Waals surface area contributed by atoms with Crippen molar-refractivity contribution in [3.8, 4) is 0 Å². The van der Waals surface area contributed by atoms with Crippen molar-refractivity contribution in [3.05, 3.63) is 58.1 Å². The van der Waals surface area contributed by atoms with Crippen LogP contribution in [0.4, 0.5) is 13.2 Å². The van der Waals surface area contributed by atoms with E-state index < -0.39 is 17.7 Å². The molecule has 3 aliphatic rings. The minimum Gasteiger partial charge on any atom is -0.465 e. The van der Waals surface area contributed by atoms with E-state index in [0.717, 1.165) is 12.1 Å². The average Bonchev–Trinajstić information content (AvgIpc) is 2.60. The van der Waals surface area contributed by atoms with Crippen LogP contribution in [0, 0.1) is 0 Å². The first-order valence-electron chi connectivity index (χ1n) is 8.74. The molecule has 0 atom stereocenters. The Bertz CT molecular complexity index is 802. The lowest BCUT2D eigenvalue weighted by molar-refractivity contribution is -0.137. The Morgan fingerprint density at radius 3 is 1.77 bits per heavy atom. The minimum absolute atomic E-state index is 0.0823. The summed E-state index contributed by atoms with van der Waals surface area (Å²) < 4.78 is 44.5. The van der Waals surface area contributed by atoms with Crippen molar-refractivity contribution in [1.82, 2.24) is 0 Å². The van der Waals surface area contributed by atoms with Crippen molar-refractivity contribution in [3.63, 3.8) is 0 Å². The third kappa shape index (κ3) is 2.77. The molecule has 1 aromatic carbocycles. The fraction of sp³-hybridized carbons (Fsp3) is 0.400.